The maximum atomic E-state index is 14.0. The number of hydrogen-bond donors (Lipinski definition) is 0. The Kier molecular flexibility index (Phi) is 5.57. The maximum Gasteiger partial charge on any atom is 0.153 e. The predicted molar refractivity (Wildman–Crippen MR) is 108 cm³/mol. The van der Waals surface area contributed by atoms with E-state index in [1.54, 1.807) is 12.1 Å². The number of nitrogens with zero attached hydrogens (tertiary/aromatic N) is 1. The average molecular weight is 375 g/mol. The van der Waals surface area contributed by atoms with Crippen molar-refractivity contribution in [1.29, 1.82) is 0 Å². The zero-order valence-corrected chi connectivity index (χ0v) is 15.6. The Balaban J connectivity index is 1.88. The number of aliphatic imine (C=N–C) groups is 1. The van der Waals surface area contributed by atoms with Crippen molar-refractivity contribution in [2.75, 3.05) is 0 Å². The molecular weight excluding hydrogens is 360 g/mol. The van der Waals surface area contributed by atoms with Crippen molar-refractivity contribution >= 4 is 23.1 Å². The molecule has 0 N–H and O–H groups in total. The molecule has 0 amide bonds. The van der Waals surface area contributed by atoms with Crippen LogP contribution in [0.2, 0.25) is 0 Å². The smallest absolute Gasteiger partial charge is 0.153 e. The van der Waals surface area contributed by atoms with Crippen LogP contribution in [0.4, 0.5) is 14.5 Å². The minimum atomic E-state index is -0.777. The highest BCUT2D eigenvalue weighted by Crippen LogP contribution is 2.29. The SMILES string of the molecule is Cc1ccc(C#Cc2ccc(-c3cc(F)c(N=C=S)c(F)c3)cc2)c(C)c1. The van der Waals surface area contributed by atoms with E-state index in [0.29, 0.717) is 11.1 Å². The van der Waals surface area contributed by atoms with Crippen molar-refractivity contribution in [3.05, 3.63) is 88.5 Å². The van der Waals surface area contributed by atoms with E-state index >= 15 is 0 Å². The van der Waals surface area contributed by atoms with Crippen LogP contribution >= 0.6 is 12.2 Å². The first kappa shape index (κ1) is 18.7. The normalized spacial score (nSPS) is 9.93. The molecule has 1 nitrogen and oxygen atoms in total. The Hall–Kier alpha value is -3.12. The molecule has 132 valence electrons. The number of thiocarbonyl (C=S) groups is 1. The zero-order chi connectivity index (χ0) is 19.4. The summed E-state index contributed by atoms with van der Waals surface area (Å²) in [7, 11) is 0. The van der Waals surface area contributed by atoms with E-state index in [1.807, 2.05) is 43.3 Å². The van der Waals surface area contributed by atoms with Crippen molar-refractivity contribution in [2.24, 2.45) is 4.99 Å². The number of aryl methyl sites for hydroxylation is 2. The van der Waals surface area contributed by atoms with Gasteiger partial charge in [-0.3, -0.25) is 0 Å². The summed E-state index contributed by atoms with van der Waals surface area (Å²) in [5.41, 5.74) is 4.80. The Labute approximate surface area is 162 Å². The van der Waals surface area contributed by atoms with Gasteiger partial charge in [-0.25, -0.2) is 8.78 Å². The van der Waals surface area contributed by atoms with Gasteiger partial charge in [-0.05, 0) is 73.1 Å². The maximum absolute atomic E-state index is 14.0. The third-order valence-electron chi connectivity index (χ3n) is 4.12. The van der Waals surface area contributed by atoms with Gasteiger partial charge in [0, 0.05) is 11.1 Å². The molecular formula is C23H15F2NS. The minimum Gasteiger partial charge on any atom is -0.204 e. The first-order valence-electron chi connectivity index (χ1n) is 8.24. The summed E-state index contributed by atoms with van der Waals surface area (Å²) in [5.74, 6) is 4.72. The van der Waals surface area contributed by atoms with Crippen LogP contribution in [0.1, 0.15) is 22.3 Å². The van der Waals surface area contributed by atoms with Gasteiger partial charge in [-0.15, -0.1) is 0 Å². The van der Waals surface area contributed by atoms with E-state index in [1.165, 1.54) is 17.7 Å². The van der Waals surface area contributed by atoms with Crippen LogP contribution in [-0.4, -0.2) is 5.16 Å². The molecule has 27 heavy (non-hydrogen) atoms. The molecule has 4 heteroatoms. The molecule has 3 aromatic carbocycles. The summed E-state index contributed by atoms with van der Waals surface area (Å²) in [5, 5.41) is 1.98. The number of isothiocyanates is 1. The molecule has 0 radical (unpaired) electrons. The van der Waals surface area contributed by atoms with Crippen LogP contribution in [0.3, 0.4) is 0 Å². The number of rotatable bonds is 2. The first-order valence-corrected chi connectivity index (χ1v) is 8.65. The molecule has 0 fully saturated rings. The second-order valence-corrected chi connectivity index (χ2v) is 6.32. The fraction of sp³-hybridized carbons (Fsp3) is 0.0870. The lowest BCUT2D eigenvalue weighted by Gasteiger charge is -2.05. The second kappa shape index (κ2) is 8.05. The van der Waals surface area contributed by atoms with Gasteiger partial charge >= 0.3 is 0 Å². The van der Waals surface area contributed by atoms with E-state index in [4.69, 9.17) is 0 Å². The summed E-state index contributed by atoms with van der Waals surface area (Å²) >= 11 is 4.41. The molecule has 0 spiro atoms. The summed E-state index contributed by atoms with van der Waals surface area (Å²) in [6.07, 6.45) is 0. The molecule has 0 aliphatic rings. The third-order valence-corrected chi connectivity index (χ3v) is 4.21. The molecule has 3 rings (SSSR count). The van der Waals surface area contributed by atoms with E-state index in [0.717, 1.165) is 16.7 Å². The minimum absolute atomic E-state index is 0.419. The lowest BCUT2D eigenvalue weighted by atomic mass is 10.0. The highest BCUT2D eigenvalue weighted by molar-refractivity contribution is 7.78. The molecule has 3 aromatic rings. The van der Waals surface area contributed by atoms with Gasteiger partial charge in [0.05, 0.1) is 5.16 Å². The van der Waals surface area contributed by atoms with Gasteiger partial charge in [0.15, 0.2) is 11.6 Å². The van der Waals surface area contributed by atoms with Crippen LogP contribution in [0.25, 0.3) is 11.1 Å². The Bertz CT molecular complexity index is 1090. The molecule has 0 aromatic heterocycles. The van der Waals surface area contributed by atoms with Crippen molar-refractivity contribution in [2.45, 2.75) is 13.8 Å². The van der Waals surface area contributed by atoms with Crippen LogP contribution < -0.4 is 0 Å². The van der Waals surface area contributed by atoms with E-state index < -0.39 is 17.3 Å². The van der Waals surface area contributed by atoms with Crippen LogP contribution in [0, 0.1) is 37.3 Å². The van der Waals surface area contributed by atoms with Crippen molar-refractivity contribution in [1.82, 2.24) is 0 Å². The number of benzene rings is 3. The van der Waals surface area contributed by atoms with Crippen LogP contribution in [0.15, 0.2) is 59.6 Å². The topological polar surface area (TPSA) is 12.4 Å². The number of halogens is 2. The molecule has 0 saturated carbocycles. The van der Waals surface area contributed by atoms with Gasteiger partial charge in [-0.2, -0.15) is 4.99 Å². The highest BCUT2D eigenvalue weighted by Gasteiger charge is 2.11. The van der Waals surface area contributed by atoms with Crippen molar-refractivity contribution in [3.63, 3.8) is 0 Å². The third kappa shape index (κ3) is 4.35. The first-order chi connectivity index (χ1) is 13.0. The van der Waals surface area contributed by atoms with E-state index in [2.05, 4.69) is 35.1 Å². The van der Waals surface area contributed by atoms with Crippen molar-refractivity contribution < 1.29 is 8.78 Å². The molecule has 0 atom stereocenters. The predicted octanol–water partition coefficient (Wildman–Crippen LogP) is 6.38. The quantitative estimate of drug-likeness (QED) is 0.287. The fourth-order valence-corrected chi connectivity index (χ4v) is 2.82. The van der Waals surface area contributed by atoms with Gasteiger partial charge in [0.2, 0.25) is 0 Å². The summed E-state index contributed by atoms with van der Waals surface area (Å²) < 4.78 is 28.0. The largest absolute Gasteiger partial charge is 0.204 e. The highest BCUT2D eigenvalue weighted by atomic mass is 32.1. The second-order valence-electron chi connectivity index (χ2n) is 6.14. The zero-order valence-electron chi connectivity index (χ0n) is 14.8. The summed E-state index contributed by atoms with van der Waals surface area (Å²) in [6, 6.07) is 15.8. The Morgan fingerprint density at radius 2 is 1.48 bits per heavy atom. The van der Waals surface area contributed by atoms with Gasteiger partial charge in [-0.1, -0.05) is 41.7 Å². The summed E-state index contributed by atoms with van der Waals surface area (Å²) in [6.45, 7) is 4.07. The Morgan fingerprint density at radius 3 is 2.07 bits per heavy atom. The standard InChI is InChI=1S/C23H15F2NS/c1-15-3-7-18(16(2)11-15)8-4-17-5-9-19(10-6-17)20-12-21(24)23(26-14-27)22(25)13-20/h3,5-7,9-13H,1-2H3. The average Bonchev–Trinajstić information content (AvgIpc) is 2.64. The molecule has 0 saturated heterocycles. The van der Waals surface area contributed by atoms with E-state index in [-0.39, 0.29) is 0 Å². The van der Waals surface area contributed by atoms with Gasteiger partial charge < -0.3 is 0 Å². The Morgan fingerprint density at radius 1 is 0.815 bits per heavy atom. The molecule has 0 aliphatic carbocycles. The van der Waals surface area contributed by atoms with Crippen LogP contribution in [0.5, 0.6) is 0 Å². The van der Waals surface area contributed by atoms with Crippen molar-refractivity contribution in [3.8, 4) is 23.0 Å². The monoisotopic (exact) mass is 375 g/mol. The van der Waals surface area contributed by atoms with Gasteiger partial charge in [0.1, 0.15) is 5.69 Å². The molecule has 0 heterocycles. The molecule has 0 bridgehead atoms. The fourth-order valence-electron chi connectivity index (χ4n) is 2.72. The lowest BCUT2D eigenvalue weighted by molar-refractivity contribution is 0.588. The molecule has 0 unspecified atom stereocenters. The van der Waals surface area contributed by atoms with E-state index in [9.17, 15) is 8.78 Å². The number of hydrogen-bond acceptors (Lipinski definition) is 2. The molecule has 0 aliphatic heterocycles. The van der Waals surface area contributed by atoms with Crippen LogP contribution in [-0.2, 0) is 0 Å². The summed E-state index contributed by atoms with van der Waals surface area (Å²) in [4.78, 5) is 3.42. The lowest BCUT2D eigenvalue weighted by Crippen LogP contribution is -1.87. The van der Waals surface area contributed by atoms with Gasteiger partial charge in [0.25, 0.3) is 0 Å².